The van der Waals surface area contributed by atoms with Gasteiger partial charge in [0.2, 0.25) is 0 Å². The monoisotopic (exact) mass is 313 g/mol. The van der Waals surface area contributed by atoms with E-state index in [1.807, 2.05) is 30.3 Å². The van der Waals surface area contributed by atoms with Crippen molar-refractivity contribution in [3.8, 4) is 0 Å². The van der Waals surface area contributed by atoms with Crippen LogP contribution in [-0.2, 0) is 6.42 Å². The number of rotatable bonds is 3. The molecule has 6 nitrogen and oxygen atoms in total. The first-order chi connectivity index (χ1) is 9.61. The van der Waals surface area contributed by atoms with E-state index in [4.69, 9.17) is 10.9 Å². The molecule has 1 aromatic rings. The van der Waals surface area contributed by atoms with Gasteiger partial charge in [-0.1, -0.05) is 35.5 Å². The zero-order valence-corrected chi connectivity index (χ0v) is 12.4. The summed E-state index contributed by atoms with van der Waals surface area (Å²) in [7, 11) is 0. The van der Waals surface area contributed by atoms with Gasteiger partial charge in [-0.05, 0) is 24.8 Å². The molecule has 1 amide bonds. The highest BCUT2D eigenvalue weighted by Crippen LogP contribution is 2.25. The lowest BCUT2D eigenvalue weighted by molar-refractivity contribution is 0.0986. The molecular weight excluding hydrogens is 294 g/mol. The molecule has 0 radical (unpaired) electrons. The van der Waals surface area contributed by atoms with E-state index in [0.29, 0.717) is 25.8 Å². The fraction of sp³-hybridized carbons (Fsp3) is 0.429. The second kappa shape index (κ2) is 7.73. The fourth-order valence-electron chi connectivity index (χ4n) is 2.73. The summed E-state index contributed by atoms with van der Waals surface area (Å²) in [5, 5.41) is 21.1. The smallest absolute Gasteiger partial charge is 0.407 e. The minimum atomic E-state index is -0.913. The standard InChI is InChI=1S/C14H19N3O3.ClH/c15-13(16-20)11-6-7-17(14(18)19)12(9-11)8-10-4-2-1-3-5-10;/h1-5,11-12,20H,6-9H2,(H2,15,16)(H,18,19);1H. The van der Waals surface area contributed by atoms with Gasteiger partial charge >= 0.3 is 6.09 Å². The van der Waals surface area contributed by atoms with E-state index in [-0.39, 0.29) is 30.2 Å². The van der Waals surface area contributed by atoms with E-state index < -0.39 is 6.09 Å². The van der Waals surface area contributed by atoms with Gasteiger partial charge in [0.15, 0.2) is 0 Å². The highest BCUT2D eigenvalue weighted by molar-refractivity contribution is 5.85. The average Bonchev–Trinajstić information content (AvgIpc) is 2.47. The Balaban J connectivity index is 0.00000220. The quantitative estimate of drug-likeness (QED) is 0.344. The van der Waals surface area contributed by atoms with Crippen LogP contribution in [-0.4, -0.2) is 39.7 Å². The Kier molecular flexibility index (Phi) is 6.30. The van der Waals surface area contributed by atoms with Crippen molar-refractivity contribution in [3.05, 3.63) is 35.9 Å². The third kappa shape index (κ3) is 4.26. The van der Waals surface area contributed by atoms with Gasteiger partial charge < -0.3 is 20.9 Å². The average molecular weight is 314 g/mol. The van der Waals surface area contributed by atoms with Crippen LogP contribution in [0.1, 0.15) is 18.4 Å². The van der Waals surface area contributed by atoms with Crippen LogP contribution in [0.15, 0.2) is 35.5 Å². The molecule has 2 atom stereocenters. The maximum Gasteiger partial charge on any atom is 0.407 e. The molecule has 7 heteroatoms. The van der Waals surface area contributed by atoms with Crippen LogP contribution >= 0.6 is 12.4 Å². The van der Waals surface area contributed by atoms with Crippen LogP contribution in [0.25, 0.3) is 0 Å². The molecular formula is C14H20ClN3O3. The Morgan fingerprint density at radius 1 is 1.38 bits per heavy atom. The number of hydrogen-bond acceptors (Lipinski definition) is 3. The third-order valence-electron chi connectivity index (χ3n) is 3.81. The molecule has 0 aliphatic carbocycles. The fourth-order valence-corrected chi connectivity index (χ4v) is 2.73. The molecule has 1 heterocycles. The molecule has 1 aromatic carbocycles. The van der Waals surface area contributed by atoms with Crippen molar-refractivity contribution in [1.29, 1.82) is 0 Å². The van der Waals surface area contributed by atoms with Crippen LogP contribution in [0.4, 0.5) is 4.79 Å². The van der Waals surface area contributed by atoms with Crippen LogP contribution in [0.2, 0.25) is 0 Å². The highest BCUT2D eigenvalue weighted by Gasteiger charge is 2.33. The first-order valence-corrected chi connectivity index (χ1v) is 6.62. The lowest BCUT2D eigenvalue weighted by atomic mass is 9.87. The molecule has 0 bridgehead atoms. The molecule has 0 saturated carbocycles. The Bertz CT molecular complexity index is 495. The number of amidine groups is 1. The van der Waals surface area contributed by atoms with Gasteiger partial charge in [0.1, 0.15) is 5.84 Å². The molecule has 2 unspecified atom stereocenters. The maximum absolute atomic E-state index is 11.3. The zero-order chi connectivity index (χ0) is 14.5. The minimum Gasteiger partial charge on any atom is -0.465 e. The second-order valence-corrected chi connectivity index (χ2v) is 5.07. The third-order valence-corrected chi connectivity index (χ3v) is 3.81. The van der Waals surface area contributed by atoms with E-state index in [2.05, 4.69) is 5.16 Å². The number of carbonyl (C=O) groups is 1. The minimum absolute atomic E-state index is 0. The van der Waals surface area contributed by atoms with Crippen LogP contribution in [0.5, 0.6) is 0 Å². The summed E-state index contributed by atoms with van der Waals surface area (Å²) in [5.41, 5.74) is 6.75. The first kappa shape index (κ1) is 17.1. The van der Waals surface area contributed by atoms with E-state index >= 15 is 0 Å². The number of benzene rings is 1. The zero-order valence-electron chi connectivity index (χ0n) is 11.6. The van der Waals surface area contributed by atoms with E-state index in [1.165, 1.54) is 4.90 Å². The Morgan fingerprint density at radius 2 is 2.05 bits per heavy atom. The maximum atomic E-state index is 11.3. The first-order valence-electron chi connectivity index (χ1n) is 6.62. The molecule has 116 valence electrons. The summed E-state index contributed by atoms with van der Waals surface area (Å²) in [6, 6.07) is 9.61. The second-order valence-electron chi connectivity index (χ2n) is 5.07. The van der Waals surface area contributed by atoms with Gasteiger partial charge in [-0.15, -0.1) is 12.4 Å². The van der Waals surface area contributed by atoms with Crippen LogP contribution < -0.4 is 5.73 Å². The van der Waals surface area contributed by atoms with E-state index in [9.17, 15) is 9.90 Å². The molecule has 1 aliphatic heterocycles. The molecule has 21 heavy (non-hydrogen) atoms. The summed E-state index contributed by atoms with van der Waals surface area (Å²) < 4.78 is 0. The normalized spacial score (nSPS) is 22.5. The van der Waals surface area contributed by atoms with Crippen molar-refractivity contribution in [2.45, 2.75) is 25.3 Å². The predicted octanol–water partition coefficient (Wildman–Crippen LogP) is 2.16. The number of piperidine rings is 1. The molecule has 1 fully saturated rings. The lowest BCUT2D eigenvalue weighted by Gasteiger charge is -2.37. The van der Waals surface area contributed by atoms with Gasteiger partial charge in [0, 0.05) is 18.5 Å². The number of hydrogen-bond donors (Lipinski definition) is 3. The molecule has 0 aromatic heterocycles. The number of nitrogens with two attached hydrogens (primary N) is 1. The number of nitrogens with zero attached hydrogens (tertiary/aromatic N) is 2. The number of halogens is 1. The van der Waals surface area contributed by atoms with Crippen LogP contribution in [0, 0.1) is 5.92 Å². The Morgan fingerprint density at radius 3 is 2.62 bits per heavy atom. The Labute approximate surface area is 129 Å². The van der Waals surface area contributed by atoms with Crippen molar-refractivity contribution in [1.82, 2.24) is 4.90 Å². The molecule has 2 rings (SSSR count). The molecule has 4 N–H and O–H groups in total. The summed E-state index contributed by atoms with van der Waals surface area (Å²) in [6.07, 6.45) is 0.899. The number of likely N-dealkylation sites (tertiary alicyclic amines) is 1. The predicted molar refractivity (Wildman–Crippen MR) is 82.0 cm³/mol. The van der Waals surface area contributed by atoms with Gasteiger partial charge in [-0.25, -0.2) is 4.79 Å². The van der Waals surface area contributed by atoms with Gasteiger partial charge in [-0.3, -0.25) is 0 Å². The molecule has 1 aliphatic rings. The SMILES string of the molecule is Cl.NC(=NO)C1CCN(C(=O)O)C(Cc2ccccc2)C1. The summed E-state index contributed by atoms with van der Waals surface area (Å²) >= 11 is 0. The highest BCUT2D eigenvalue weighted by atomic mass is 35.5. The van der Waals surface area contributed by atoms with Crippen molar-refractivity contribution in [2.24, 2.45) is 16.8 Å². The number of oxime groups is 1. The van der Waals surface area contributed by atoms with Gasteiger partial charge in [0.05, 0.1) is 0 Å². The van der Waals surface area contributed by atoms with E-state index in [1.54, 1.807) is 0 Å². The largest absolute Gasteiger partial charge is 0.465 e. The van der Waals surface area contributed by atoms with Crippen molar-refractivity contribution >= 4 is 24.3 Å². The van der Waals surface area contributed by atoms with Gasteiger partial charge in [0.25, 0.3) is 0 Å². The number of carboxylic acid groups (broad SMARTS) is 1. The van der Waals surface area contributed by atoms with Crippen molar-refractivity contribution in [2.75, 3.05) is 6.54 Å². The van der Waals surface area contributed by atoms with Gasteiger partial charge in [-0.2, -0.15) is 0 Å². The Hall–Kier alpha value is -1.95. The number of amides is 1. The lowest BCUT2D eigenvalue weighted by Crippen LogP contribution is -2.48. The van der Waals surface area contributed by atoms with Crippen molar-refractivity contribution in [3.63, 3.8) is 0 Å². The van der Waals surface area contributed by atoms with E-state index in [0.717, 1.165) is 5.56 Å². The summed E-state index contributed by atoms with van der Waals surface area (Å²) in [5.74, 6) is 0.123. The topological polar surface area (TPSA) is 99.2 Å². The van der Waals surface area contributed by atoms with Crippen molar-refractivity contribution < 1.29 is 15.1 Å². The molecule has 1 saturated heterocycles. The summed E-state index contributed by atoms with van der Waals surface area (Å²) in [6.45, 7) is 0.410. The summed E-state index contributed by atoms with van der Waals surface area (Å²) in [4.78, 5) is 12.8. The molecule has 0 spiro atoms. The van der Waals surface area contributed by atoms with Crippen LogP contribution in [0.3, 0.4) is 0 Å².